The maximum absolute atomic E-state index is 12.5. The number of H-pyrrole nitrogens is 1. The fourth-order valence-corrected chi connectivity index (χ4v) is 3.19. The summed E-state index contributed by atoms with van der Waals surface area (Å²) in [4.78, 5) is 49.0. The summed E-state index contributed by atoms with van der Waals surface area (Å²) in [5.41, 5.74) is 2.60. The van der Waals surface area contributed by atoms with Gasteiger partial charge in [-0.15, -0.1) is 0 Å². The molecule has 0 radical (unpaired) electrons. The number of methoxy groups -OCH3 is 1. The van der Waals surface area contributed by atoms with Crippen molar-refractivity contribution in [3.05, 3.63) is 29.7 Å². The van der Waals surface area contributed by atoms with Crippen LogP contribution in [-0.4, -0.2) is 57.4 Å². The highest BCUT2D eigenvalue weighted by Gasteiger charge is 2.33. The van der Waals surface area contributed by atoms with Crippen LogP contribution in [-0.2, 0) is 22.6 Å². The topological polar surface area (TPSA) is 129 Å². The molecule has 0 unspecified atom stereocenters. The highest BCUT2D eigenvalue weighted by molar-refractivity contribution is 6.05. The van der Waals surface area contributed by atoms with E-state index < -0.39 is 18.0 Å². The SMILES string of the molecule is COc1ccc(-c2nc3c([nH]2)CN(C(=O)C[C@@H]2NC(=O)NC2=O)CC3)cn1. The Labute approximate surface area is 154 Å². The molecule has 2 aromatic heterocycles. The summed E-state index contributed by atoms with van der Waals surface area (Å²) in [6.07, 6.45) is 2.23. The first-order valence-electron chi connectivity index (χ1n) is 8.51. The van der Waals surface area contributed by atoms with Gasteiger partial charge in [0.05, 0.1) is 31.5 Å². The van der Waals surface area contributed by atoms with E-state index in [0.29, 0.717) is 31.2 Å². The van der Waals surface area contributed by atoms with Gasteiger partial charge in [-0.3, -0.25) is 14.9 Å². The molecule has 1 fully saturated rings. The van der Waals surface area contributed by atoms with E-state index in [2.05, 4.69) is 25.6 Å². The lowest BCUT2D eigenvalue weighted by Gasteiger charge is -2.26. The largest absolute Gasteiger partial charge is 0.481 e. The van der Waals surface area contributed by atoms with Gasteiger partial charge in [-0.25, -0.2) is 14.8 Å². The van der Waals surface area contributed by atoms with Gasteiger partial charge in [-0.2, -0.15) is 0 Å². The van der Waals surface area contributed by atoms with Crippen LogP contribution < -0.4 is 15.4 Å². The van der Waals surface area contributed by atoms with Crippen LogP contribution >= 0.6 is 0 Å². The van der Waals surface area contributed by atoms with E-state index in [1.165, 1.54) is 0 Å². The third-order valence-electron chi connectivity index (χ3n) is 4.64. The first-order valence-corrected chi connectivity index (χ1v) is 8.51. The van der Waals surface area contributed by atoms with Gasteiger partial charge in [0.15, 0.2) is 0 Å². The fraction of sp³-hybridized carbons (Fsp3) is 0.353. The number of nitrogens with one attached hydrogen (secondary N) is 3. The van der Waals surface area contributed by atoms with Gasteiger partial charge in [0.2, 0.25) is 11.8 Å². The van der Waals surface area contributed by atoms with E-state index in [9.17, 15) is 14.4 Å². The minimum Gasteiger partial charge on any atom is -0.481 e. The lowest BCUT2D eigenvalue weighted by Crippen LogP contribution is -2.41. The Morgan fingerprint density at radius 2 is 2.22 bits per heavy atom. The van der Waals surface area contributed by atoms with Gasteiger partial charge >= 0.3 is 6.03 Å². The summed E-state index contributed by atoms with van der Waals surface area (Å²) in [7, 11) is 1.56. The molecule has 4 heterocycles. The van der Waals surface area contributed by atoms with Crippen molar-refractivity contribution >= 4 is 17.8 Å². The molecule has 2 aromatic rings. The number of amides is 4. The highest BCUT2D eigenvalue weighted by atomic mass is 16.5. The molecule has 2 aliphatic rings. The summed E-state index contributed by atoms with van der Waals surface area (Å²) >= 11 is 0. The standard InChI is InChI=1S/C17H18N6O4/c1-27-13-3-2-9(7-18-13)15-19-10-4-5-23(8-12(10)20-15)14(24)6-11-16(25)22-17(26)21-11/h2-3,7,11H,4-6,8H2,1H3,(H,19,20)(H2,21,22,25,26)/t11-/m0/s1. The zero-order valence-corrected chi connectivity index (χ0v) is 14.6. The molecule has 0 saturated carbocycles. The Morgan fingerprint density at radius 3 is 2.89 bits per heavy atom. The van der Waals surface area contributed by atoms with E-state index >= 15 is 0 Å². The molecule has 4 rings (SSSR count). The van der Waals surface area contributed by atoms with E-state index in [1.54, 1.807) is 24.3 Å². The molecule has 0 bridgehead atoms. The number of aromatic amines is 1. The summed E-state index contributed by atoms with van der Waals surface area (Å²) in [6, 6.07) is 2.24. The Bertz CT molecular complexity index is 907. The number of carbonyl (C=O) groups excluding carboxylic acids is 3. The average Bonchev–Trinajstić information content (AvgIpc) is 3.23. The number of pyridine rings is 1. The Balaban J connectivity index is 1.45. The third-order valence-corrected chi connectivity index (χ3v) is 4.64. The van der Waals surface area contributed by atoms with Gasteiger partial charge < -0.3 is 19.9 Å². The van der Waals surface area contributed by atoms with Crippen LogP contribution in [0.4, 0.5) is 4.79 Å². The molecule has 1 saturated heterocycles. The van der Waals surface area contributed by atoms with Gasteiger partial charge in [0.25, 0.3) is 5.91 Å². The molecule has 4 amide bonds. The second kappa shape index (κ2) is 6.71. The zero-order valence-electron chi connectivity index (χ0n) is 14.6. The van der Waals surface area contributed by atoms with Crippen molar-refractivity contribution in [1.29, 1.82) is 0 Å². The lowest BCUT2D eigenvalue weighted by atomic mass is 10.1. The van der Waals surface area contributed by atoms with Gasteiger partial charge in [0, 0.05) is 30.8 Å². The normalized spacial score (nSPS) is 18.7. The van der Waals surface area contributed by atoms with E-state index in [1.807, 2.05) is 6.07 Å². The summed E-state index contributed by atoms with van der Waals surface area (Å²) in [5.74, 6) is 0.550. The van der Waals surface area contributed by atoms with Crippen LogP contribution in [0.15, 0.2) is 18.3 Å². The molecule has 10 heteroatoms. The number of hydrogen-bond donors (Lipinski definition) is 3. The van der Waals surface area contributed by atoms with Crippen molar-refractivity contribution < 1.29 is 19.1 Å². The molecule has 2 aliphatic heterocycles. The van der Waals surface area contributed by atoms with Crippen molar-refractivity contribution in [2.75, 3.05) is 13.7 Å². The van der Waals surface area contributed by atoms with Crippen LogP contribution in [0, 0.1) is 0 Å². The van der Waals surface area contributed by atoms with E-state index in [4.69, 9.17) is 4.74 Å². The molecular weight excluding hydrogens is 352 g/mol. The Kier molecular flexibility index (Phi) is 4.22. The minimum atomic E-state index is -0.811. The first kappa shape index (κ1) is 17.0. The van der Waals surface area contributed by atoms with Gasteiger partial charge in [-0.05, 0) is 6.07 Å². The molecular formula is C17H18N6O4. The Hall–Kier alpha value is -3.43. The number of nitrogens with zero attached hydrogens (tertiary/aromatic N) is 3. The number of ether oxygens (including phenoxy) is 1. The number of carbonyl (C=O) groups is 3. The number of imidazole rings is 1. The first-order chi connectivity index (χ1) is 13.0. The Morgan fingerprint density at radius 1 is 1.37 bits per heavy atom. The predicted octanol–water partition coefficient (Wildman–Crippen LogP) is -0.0369. The summed E-state index contributed by atoms with van der Waals surface area (Å²) < 4.78 is 5.05. The smallest absolute Gasteiger partial charge is 0.322 e. The number of aromatic nitrogens is 3. The zero-order chi connectivity index (χ0) is 19.0. The highest BCUT2D eigenvalue weighted by Crippen LogP contribution is 2.24. The van der Waals surface area contributed by atoms with Gasteiger partial charge in [-0.1, -0.05) is 0 Å². The molecule has 1 atom stereocenters. The lowest BCUT2D eigenvalue weighted by molar-refractivity contribution is -0.134. The molecule has 27 heavy (non-hydrogen) atoms. The van der Waals surface area contributed by atoms with Crippen molar-refractivity contribution in [1.82, 2.24) is 30.5 Å². The van der Waals surface area contributed by atoms with Crippen LogP contribution in [0.1, 0.15) is 17.8 Å². The molecule has 10 nitrogen and oxygen atoms in total. The number of imide groups is 1. The quantitative estimate of drug-likeness (QED) is 0.648. The van der Waals surface area contributed by atoms with Crippen LogP contribution in [0.2, 0.25) is 0 Å². The maximum Gasteiger partial charge on any atom is 0.322 e. The van der Waals surface area contributed by atoms with E-state index in [0.717, 1.165) is 17.0 Å². The monoisotopic (exact) mass is 370 g/mol. The van der Waals surface area contributed by atoms with E-state index in [-0.39, 0.29) is 12.3 Å². The molecule has 3 N–H and O–H groups in total. The van der Waals surface area contributed by atoms with Crippen molar-refractivity contribution in [2.45, 2.75) is 25.4 Å². The number of rotatable bonds is 4. The molecule has 140 valence electrons. The van der Waals surface area contributed by atoms with Crippen molar-refractivity contribution in [2.24, 2.45) is 0 Å². The van der Waals surface area contributed by atoms with Gasteiger partial charge in [0.1, 0.15) is 11.9 Å². The van der Waals surface area contributed by atoms with Crippen LogP contribution in [0.3, 0.4) is 0 Å². The van der Waals surface area contributed by atoms with Crippen LogP contribution in [0.25, 0.3) is 11.4 Å². The molecule has 0 aromatic carbocycles. The predicted molar refractivity (Wildman–Crippen MR) is 92.6 cm³/mol. The molecule has 0 spiro atoms. The number of hydrogen-bond acceptors (Lipinski definition) is 6. The van der Waals surface area contributed by atoms with Crippen molar-refractivity contribution in [3.63, 3.8) is 0 Å². The second-order valence-corrected chi connectivity index (χ2v) is 6.38. The molecule has 0 aliphatic carbocycles. The second-order valence-electron chi connectivity index (χ2n) is 6.38. The average molecular weight is 370 g/mol. The summed E-state index contributed by atoms with van der Waals surface area (Å²) in [5, 5.41) is 4.57. The van der Waals surface area contributed by atoms with Crippen LogP contribution in [0.5, 0.6) is 5.88 Å². The number of urea groups is 1. The minimum absolute atomic E-state index is 0.0592. The number of fused-ring (bicyclic) bond motifs is 1. The maximum atomic E-state index is 12.5. The summed E-state index contributed by atoms with van der Waals surface area (Å²) in [6.45, 7) is 0.895. The third kappa shape index (κ3) is 3.33. The van der Waals surface area contributed by atoms with Crippen molar-refractivity contribution in [3.8, 4) is 17.3 Å². The fourth-order valence-electron chi connectivity index (χ4n) is 3.19.